The van der Waals surface area contributed by atoms with Gasteiger partial charge in [0.2, 0.25) is 0 Å². The zero-order valence-electron chi connectivity index (χ0n) is 5.17. The lowest BCUT2D eigenvalue weighted by Crippen LogP contribution is -1.94. The van der Waals surface area contributed by atoms with E-state index in [1.54, 1.807) is 0 Å². The highest BCUT2D eigenvalue weighted by Gasteiger charge is 2.11. The minimum Gasteiger partial charge on any atom is -0.335 e. The molecule has 0 aliphatic heterocycles. The van der Waals surface area contributed by atoms with Gasteiger partial charge in [0.25, 0.3) is 10.0 Å². The van der Waals surface area contributed by atoms with Gasteiger partial charge in [-0.05, 0) is 5.53 Å². The number of H-pyrrole nitrogens is 1. The van der Waals surface area contributed by atoms with Crippen LogP contribution in [0.2, 0.25) is 0 Å². The molecule has 7 nitrogen and oxygen atoms in total. The Balaban J connectivity index is 3.22. The molecule has 0 aliphatic carbocycles. The van der Waals surface area contributed by atoms with Crippen LogP contribution < -0.4 is 0 Å². The van der Waals surface area contributed by atoms with Crippen molar-refractivity contribution in [2.75, 3.05) is 0 Å². The average molecular weight is 173 g/mol. The molecule has 0 aromatic carbocycles. The first-order valence-electron chi connectivity index (χ1n) is 2.46. The molecule has 11 heavy (non-hydrogen) atoms. The number of aromatic nitrogens is 2. The van der Waals surface area contributed by atoms with Crippen LogP contribution in [0.15, 0.2) is 22.1 Å². The van der Waals surface area contributed by atoms with Crippen molar-refractivity contribution in [2.24, 2.45) is 4.52 Å². The second kappa shape index (κ2) is 2.60. The zero-order valence-corrected chi connectivity index (χ0v) is 5.98. The molecule has 0 atom stereocenters. The lowest BCUT2D eigenvalue weighted by molar-refractivity contribution is 0.594. The van der Waals surface area contributed by atoms with Gasteiger partial charge in [0, 0.05) is 9.43 Å². The van der Waals surface area contributed by atoms with E-state index in [1.807, 2.05) is 0 Å². The van der Waals surface area contributed by atoms with Crippen LogP contribution in [0.3, 0.4) is 0 Å². The van der Waals surface area contributed by atoms with E-state index in [4.69, 9.17) is 5.53 Å². The summed E-state index contributed by atoms with van der Waals surface area (Å²) in [6.07, 6.45) is 2.24. The molecule has 8 heteroatoms. The lowest BCUT2D eigenvalue weighted by atomic mass is 11.0. The largest absolute Gasteiger partial charge is 0.335 e. The van der Waals surface area contributed by atoms with Gasteiger partial charge < -0.3 is 4.98 Å². The van der Waals surface area contributed by atoms with Gasteiger partial charge in [-0.25, -0.2) is 13.4 Å². The van der Waals surface area contributed by atoms with Crippen molar-refractivity contribution >= 4 is 10.0 Å². The van der Waals surface area contributed by atoms with Crippen molar-refractivity contribution in [3.63, 3.8) is 0 Å². The van der Waals surface area contributed by atoms with Gasteiger partial charge >= 0.3 is 0 Å². The summed E-state index contributed by atoms with van der Waals surface area (Å²) in [7, 11) is -3.88. The molecule has 58 valence electrons. The van der Waals surface area contributed by atoms with Crippen LogP contribution in [-0.4, -0.2) is 18.4 Å². The molecular formula is C3H3N5O2S. The first kappa shape index (κ1) is 7.58. The number of aromatic amines is 1. The number of nitrogens with one attached hydrogen (secondary N) is 1. The smallest absolute Gasteiger partial charge is 0.281 e. The van der Waals surface area contributed by atoms with Crippen molar-refractivity contribution in [1.29, 1.82) is 0 Å². The molecule has 1 aromatic heterocycles. The third-order valence-corrected chi connectivity index (χ3v) is 1.96. The molecule has 0 aliphatic rings. The van der Waals surface area contributed by atoms with E-state index in [9.17, 15) is 8.42 Å². The Bertz CT molecular complexity index is 372. The van der Waals surface area contributed by atoms with Gasteiger partial charge in [0.1, 0.15) is 0 Å². The van der Waals surface area contributed by atoms with Crippen molar-refractivity contribution in [3.05, 3.63) is 23.0 Å². The maximum absolute atomic E-state index is 10.8. The predicted molar refractivity (Wildman–Crippen MR) is 34.9 cm³/mol. The Kier molecular flexibility index (Phi) is 1.79. The minimum absolute atomic E-state index is 0.213. The van der Waals surface area contributed by atoms with E-state index >= 15 is 0 Å². The molecule has 1 rings (SSSR count). The highest BCUT2D eigenvalue weighted by molar-refractivity contribution is 7.89. The van der Waals surface area contributed by atoms with Crippen LogP contribution in [-0.2, 0) is 10.0 Å². The standard InChI is InChI=1S/C3H3N5O2S/c4-7-8-11(9,10)3-1-5-2-6-3/h1-2H,(H,5,6). The van der Waals surface area contributed by atoms with E-state index in [-0.39, 0.29) is 5.03 Å². The number of sulfonamides is 1. The molecule has 0 unspecified atom stereocenters. The van der Waals surface area contributed by atoms with Crippen LogP contribution in [0.1, 0.15) is 0 Å². The Morgan fingerprint density at radius 3 is 2.91 bits per heavy atom. The fourth-order valence-electron chi connectivity index (χ4n) is 0.476. The second-order valence-electron chi connectivity index (χ2n) is 1.56. The fraction of sp³-hybridized carbons (Fsp3) is 0. The topological polar surface area (TPSA) is 112 Å². The number of hydrogen-bond acceptors (Lipinski definition) is 3. The SMILES string of the molecule is [N-]=[N+]=NS(=O)(=O)c1cnc[nH]1. The van der Waals surface area contributed by atoms with Gasteiger partial charge in [-0.3, -0.25) is 0 Å². The number of rotatable bonds is 2. The van der Waals surface area contributed by atoms with Crippen molar-refractivity contribution in [3.8, 4) is 0 Å². The van der Waals surface area contributed by atoms with E-state index in [1.165, 1.54) is 6.33 Å². The van der Waals surface area contributed by atoms with E-state index in [0.717, 1.165) is 6.20 Å². The van der Waals surface area contributed by atoms with Crippen LogP contribution >= 0.6 is 0 Å². The maximum atomic E-state index is 10.8. The molecular weight excluding hydrogens is 170 g/mol. The normalized spacial score (nSPS) is 10.5. The molecule has 1 heterocycles. The summed E-state index contributed by atoms with van der Waals surface area (Å²) in [5.41, 5.74) is 7.85. The molecule has 0 amide bonds. The average Bonchev–Trinajstić information content (AvgIpc) is 2.37. The second-order valence-corrected chi connectivity index (χ2v) is 3.12. The Labute approximate surface area is 61.8 Å². The van der Waals surface area contributed by atoms with Crippen LogP contribution in [0.4, 0.5) is 0 Å². The van der Waals surface area contributed by atoms with Gasteiger partial charge in [0.15, 0.2) is 5.03 Å². The highest BCUT2D eigenvalue weighted by atomic mass is 32.2. The van der Waals surface area contributed by atoms with Gasteiger partial charge in [-0.2, -0.15) is 0 Å². The zero-order chi connectivity index (χ0) is 8.32. The summed E-state index contributed by atoms with van der Waals surface area (Å²) in [6, 6.07) is 0. The predicted octanol–water partition coefficient (Wildman–Crippen LogP) is 0.409. The summed E-state index contributed by atoms with van der Waals surface area (Å²) < 4.78 is 24.2. The number of hydrogen-bond donors (Lipinski definition) is 1. The van der Waals surface area contributed by atoms with E-state index in [2.05, 4.69) is 19.4 Å². The number of imidazole rings is 1. The summed E-state index contributed by atoms with van der Waals surface area (Å²) in [5, 5.41) is -0.213. The number of nitrogens with zero attached hydrogens (tertiary/aromatic N) is 4. The first-order valence-corrected chi connectivity index (χ1v) is 3.90. The van der Waals surface area contributed by atoms with Crippen molar-refractivity contribution in [2.45, 2.75) is 5.03 Å². The molecule has 0 saturated heterocycles. The third kappa shape index (κ3) is 1.48. The third-order valence-electron chi connectivity index (χ3n) is 0.895. The minimum atomic E-state index is -3.88. The van der Waals surface area contributed by atoms with Gasteiger partial charge in [-0.1, -0.05) is 0 Å². The Hall–Kier alpha value is -1.53. The fourth-order valence-corrected chi connectivity index (χ4v) is 1.06. The summed E-state index contributed by atoms with van der Waals surface area (Å²) in [5.74, 6) is 0. The van der Waals surface area contributed by atoms with E-state index < -0.39 is 10.0 Å². The molecule has 0 bridgehead atoms. The Morgan fingerprint density at radius 1 is 1.73 bits per heavy atom. The summed E-state index contributed by atoms with van der Waals surface area (Å²) in [6.45, 7) is 0. The first-order chi connectivity index (χ1) is 5.17. The Morgan fingerprint density at radius 2 is 2.45 bits per heavy atom. The molecule has 0 spiro atoms. The molecule has 1 N–H and O–H groups in total. The monoisotopic (exact) mass is 173 g/mol. The van der Waals surface area contributed by atoms with Crippen molar-refractivity contribution < 1.29 is 8.42 Å². The molecule has 0 fully saturated rings. The lowest BCUT2D eigenvalue weighted by Gasteiger charge is -1.86. The van der Waals surface area contributed by atoms with E-state index in [0.29, 0.717) is 0 Å². The van der Waals surface area contributed by atoms with Crippen LogP contribution in [0, 0.1) is 0 Å². The summed E-state index contributed by atoms with van der Waals surface area (Å²) in [4.78, 5) is 7.90. The van der Waals surface area contributed by atoms with Gasteiger partial charge in [-0.15, -0.1) is 0 Å². The molecule has 0 saturated carbocycles. The number of azide groups is 1. The molecule has 0 radical (unpaired) electrons. The summed E-state index contributed by atoms with van der Waals surface area (Å²) >= 11 is 0. The van der Waals surface area contributed by atoms with Crippen LogP contribution in [0.25, 0.3) is 10.4 Å². The van der Waals surface area contributed by atoms with Crippen LogP contribution in [0.5, 0.6) is 0 Å². The molecule has 1 aromatic rings. The van der Waals surface area contributed by atoms with Crippen molar-refractivity contribution in [1.82, 2.24) is 9.97 Å². The van der Waals surface area contributed by atoms with Gasteiger partial charge in [0.05, 0.1) is 12.5 Å². The maximum Gasteiger partial charge on any atom is 0.281 e. The highest BCUT2D eigenvalue weighted by Crippen LogP contribution is 2.05. The quantitative estimate of drug-likeness (QED) is 0.397.